The molecule has 2 N–H and O–H groups in total. The van der Waals surface area contributed by atoms with E-state index in [4.69, 9.17) is 10.6 Å². The van der Waals surface area contributed by atoms with E-state index >= 15 is 0 Å². The van der Waals surface area contributed by atoms with Gasteiger partial charge in [-0.2, -0.15) is 5.90 Å². The maximum atomic E-state index is 11.9. The molecule has 0 aromatic heterocycles. The van der Waals surface area contributed by atoms with Gasteiger partial charge in [0.15, 0.2) is 5.92 Å². The SMILES string of the molecule is CC(CC=O)CCC(C(=O)ON)C(=O)OC(C)(C)C. The number of nitrogens with two attached hydrogens (primary N) is 1. The van der Waals surface area contributed by atoms with Crippen LogP contribution in [0.15, 0.2) is 0 Å². The van der Waals surface area contributed by atoms with Crippen molar-refractivity contribution >= 4 is 18.2 Å². The first-order valence-electron chi connectivity index (χ1n) is 6.28. The van der Waals surface area contributed by atoms with Gasteiger partial charge in [0.1, 0.15) is 11.9 Å². The van der Waals surface area contributed by atoms with E-state index in [2.05, 4.69) is 4.84 Å². The molecule has 110 valence electrons. The zero-order valence-electron chi connectivity index (χ0n) is 12.0. The van der Waals surface area contributed by atoms with Crippen molar-refractivity contribution in [1.29, 1.82) is 0 Å². The smallest absolute Gasteiger partial charge is 0.338 e. The highest BCUT2D eigenvalue weighted by Crippen LogP contribution is 2.19. The molecule has 0 fully saturated rings. The van der Waals surface area contributed by atoms with Gasteiger partial charge in [0.2, 0.25) is 0 Å². The van der Waals surface area contributed by atoms with Crippen molar-refractivity contribution in [3.63, 3.8) is 0 Å². The first kappa shape index (κ1) is 17.6. The lowest BCUT2D eigenvalue weighted by Crippen LogP contribution is -2.35. The van der Waals surface area contributed by atoms with Gasteiger partial charge in [-0.15, -0.1) is 0 Å². The van der Waals surface area contributed by atoms with E-state index in [0.29, 0.717) is 12.8 Å². The molecule has 2 unspecified atom stereocenters. The average Bonchev–Trinajstić information content (AvgIpc) is 2.26. The minimum absolute atomic E-state index is 0.0908. The van der Waals surface area contributed by atoms with Gasteiger partial charge >= 0.3 is 11.9 Å². The molecule has 0 spiro atoms. The van der Waals surface area contributed by atoms with Crippen LogP contribution in [0.5, 0.6) is 0 Å². The van der Waals surface area contributed by atoms with E-state index in [9.17, 15) is 14.4 Å². The third-order valence-electron chi connectivity index (χ3n) is 2.54. The van der Waals surface area contributed by atoms with E-state index < -0.39 is 23.5 Å². The number of hydrogen-bond acceptors (Lipinski definition) is 6. The lowest BCUT2D eigenvalue weighted by Gasteiger charge is -2.23. The molecule has 0 rings (SSSR count). The van der Waals surface area contributed by atoms with E-state index in [-0.39, 0.29) is 12.3 Å². The second-order valence-corrected chi connectivity index (χ2v) is 5.61. The zero-order chi connectivity index (χ0) is 15.1. The predicted molar refractivity (Wildman–Crippen MR) is 68.7 cm³/mol. The maximum absolute atomic E-state index is 11.9. The third-order valence-corrected chi connectivity index (χ3v) is 2.54. The molecule has 19 heavy (non-hydrogen) atoms. The van der Waals surface area contributed by atoms with E-state index in [1.54, 1.807) is 20.8 Å². The summed E-state index contributed by atoms with van der Waals surface area (Å²) in [6, 6.07) is 0. The summed E-state index contributed by atoms with van der Waals surface area (Å²) in [6.07, 6.45) is 1.99. The van der Waals surface area contributed by atoms with E-state index in [1.165, 1.54) is 0 Å². The van der Waals surface area contributed by atoms with Crippen LogP contribution in [-0.4, -0.2) is 23.8 Å². The average molecular weight is 273 g/mol. The van der Waals surface area contributed by atoms with Crippen LogP contribution in [0.1, 0.15) is 47.0 Å². The van der Waals surface area contributed by atoms with Gasteiger partial charge in [0.05, 0.1) is 0 Å². The number of aldehydes is 1. The van der Waals surface area contributed by atoms with Crippen molar-refractivity contribution in [3.8, 4) is 0 Å². The Labute approximate surface area is 113 Å². The van der Waals surface area contributed by atoms with Crippen molar-refractivity contribution in [2.24, 2.45) is 17.7 Å². The monoisotopic (exact) mass is 273 g/mol. The first-order chi connectivity index (χ1) is 8.71. The molecule has 6 heteroatoms. The van der Waals surface area contributed by atoms with Crippen LogP contribution in [0.25, 0.3) is 0 Å². The van der Waals surface area contributed by atoms with Crippen LogP contribution >= 0.6 is 0 Å². The summed E-state index contributed by atoms with van der Waals surface area (Å²) in [5.41, 5.74) is -0.682. The van der Waals surface area contributed by atoms with Crippen LogP contribution in [-0.2, 0) is 24.0 Å². The largest absolute Gasteiger partial charge is 0.459 e. The predicted octanol–water partition coefficient (Wildman–Crippen LogP) is 1.37. The summed E-state index contributed by atoms with van der Waals surface area (Å²) >= 11 is 0. The molecule has 0 aromatic rings. The number of ether oxygens (including phenoxy) is 1. The summed E-state index contributed by atoms with van der Waals surface area (Å²) < 4.78 is 5.15. The minimum atomic E-state index is -1.04. The maximum Gasteiger partial charge on any atom is 0.338 e. The Morgan fingerprint density at radius 2 is 1.79 bits per heavy atom. The summed E-state index contributed by atoms with van der Waals surface area (Å²) in [5, 5.41) is 0. The number of carbonyl (C=O) groups excluding carboxylic acids is 3. The highest BCUT2D eigenvalue weighted by atomic mass is 16.7. The van der Waals surface area contributed by atoms with Crippen molar-refractivity contribution in [3.05, 3.63) is 0 Å². The van der Waals surface area contributed by atoms with Crippen molar-refractivity contribution in [2.45, 2.75) is 52.6 Å². The van der Waals surface area contributed by atoms with Crippen LogP contribution < -0.4 is 5.90 Å². The summed E-state index contributed by atoms with van der Waals surface area (Å²) in [4.78, 5) is 37.9. The second kappa shape index (κ2) is 7.89. The van der Waals surface area contributed by atoms with Crippen molar-refractivity contribution < 1.29 is 24.0 Å². The van der Waals surface area contributed by atoms with Gasteiger partial charge < -0.3 is 14.4 Å². The highest BCUT2D eigenvalue weighted by Gasteiger charge is 2.32. The third kappa shape index (κ3) is 7.56. The van der Waals surface area contributed by atoms with Crippen LogP contribution in [0.4, 0.5) is 0 Å². The van der Waals surface area contributed by atoms with Crippen LogP contribution in [0.2, 0.25) is 0 Å². The Bertz CT molecular complexity index is 321. The van der Waals surface area contributed by atoms with Gasteiger partial charge in [-0.05, 0) is 39.5 Å². The molecule has 0 bridgehead atoms. The molecule has 0 heterocycles. The summed E-state index contributed by atoms with van der Waals surface area (Å²) in [6.45, 7) is 7.01. The molecule has 0 aliphatic rings. The Hall–Kier alpha value is -1.43. The summed E-state index contributed by atoms with van der Waals surface area (Å²) in [5.74, 6) is 2.41. The minimum Gasteiger partial charge on any atom is -0.459 e. The normalized spacial score (nSPS) is 14.4. The molecule has 0 amide bonds. The molecule has 2 atom stereocenters. The lowest BCUT2D eigenvalue weighted by atomic mass is 9.95. The van der Waals surface area contributed by atoms with E-state index in [1.807, 2.05) is 6.92 Å². The molecular weight excluding hydrogens is 250 g/mol. The van der Waals surface area contributed by atoms with Gasteiger partial charge in [-0.3, -0.25) is 4.79 Å². The number of carbonyl (C=O) groups is 3. The van der Waals surface area contributed by atoms with Gasteiger partial charge in [-0.25, -0.2) is 4.79 Å². The zero-order valence-corrected chi connectivity index (χ0v) is 12.0. The fraction of sp³-hybridized carbons (Fsp3) is 0.769. The van der Waals surface area contributed by atoms with Gasteiger partial charge in [0, 0.05) is 6.42 Å². The Kier molecular flexibility index (Phi) is 7.29. The highest BCUT2D eigenvalue weighted by molar-refractivity contribution is 5.94. The Balaban J connectivity index is 4.59. The molecule has 0 radical (unpaired) electrons. The Morgan fingerprint density at radius 3 is 2.21 bits per heavy atom. The van der Waals surface area contributed by atoms with Crippen molar-refractivity contribution in [1.82, 2.24) is 0 Å². The van der Waals surface area contributed by atoms with Crippen LogP contribution in [0, 0.1) is 11.8 Å². The standard InChI is InChI=1S/C13H23NO5/c1-9(7-8-15)5-6-10(12(17)19-14)11(16)18-13(2,3)4/h8-10H,5-7,14H2,1-4H3. The number of rotatable bonds is 7. The molecule has 0 aliphatic carbocycles. The van der Waals surface area contributed by atoms with E-state index in [0.717, 1.165) is 6.29 Å². The van der Waals surface area contributed by atoms with Gasteiger partial charge in [0.25, 0.3) is 0 Å². The van der Waals surface area contributed by atoms with Crippen LogP contribution in [0.3, 0.4) is 0 Å². The fourth-order valence-corrected chi connectivity index (χ4v) is 1.52. The molecule has 0 saturated heterocycles. The first-order valence-corrected chi connectivity index (χ1v) is 6.28. The van der Waals surface area contributed by atoms with Crippen molar-refractivity contribution in [2.75, 3.05) is 0 Å². The molecular formula is C13H23NO5. The topological polar surface area (TPSA) is 95.7 Å². The number of esters is 1. The quantitative estimate of drug-likeness (QED) is 0.326. The number of hydrogen-bond donors (Lipinski definition) is 1. The lowest BCUT2D eigenvalue weighted by molar-refractivity contribution is -0.170. The molecule has 6 nitrogen and oxygen atoms in total. The fourth-order valence-electron chi connectivity index (χ4n) is 1.52. The molecule has 0 aliphatic heterocycles. The molecule has 0 saturated carbocycles. The Morgan fingerprint density at radius 1 is 1.21 bits per heavy atom. The van der Waals surface area contributed by atoms with Gasteiger partial charge in [-0.1, -0.05) is 6.92 Å². The second-order valence-electron chi connectivity index (χ2n) is 5.61. The molecule has 0 aromatic carbocycles. The summed E-state index contributed by atoms with van der Waals surface area (Å²) in [7, 11) is 0.